The molecule has 2 heterocycles. The van der Waals surface area contributed by atoms with Gasteiger partial charge in [0.15, 0.2) is 5.13 Å². The first-order valence-corrected chi connectivity index (χ1v) is 6.90. The predicted octanol–water partition coefficient (Wildman–Crippen LogP) is 2.90. The van der Waals surface area contributed by atoms with Crippen molar-refractivity contribution in [3.05, 3.63) is 21.7 Å². The number of nitrogen functional groups attached to an aromatic ring is 1. The third kappa shape index (κ3) is 2.55. The lowest BCUT2D eigenvalue weighted by atomic mass is 10.3. The van der Waals surface area contributed by atoms with Gasteiger partial charge in [0.05, 0.1) is 5.69 Å². The summed E-state index contributed by atoms with van der Waals surface area (Å²) in [6.07, 6.45) is 2.51. The molecule has 17 heavy (non-hydrogen) atoms. The highest BCUT2D eigenvalue weighted by Gasteiger charge is 2.26. The summed E-state index contributed by atoms with van der Waals surface area (Å²) in [7, 11) is 0. The molecule has 0 amide bonds. The van der Waals surface area contributed by atoms with Gasteiger partial charge in [-0.25, -0.2) is 9.97 Å². The first-order chi connectivity index (χ1) is 8.20. The van der Waals surface area contributed by atoms with Crippen molar-refractivity contribution in [1.82, 2.24) is 15.0 Å². The molecule has 5 nitrogen and oxygen atoms in total. The normalized spacial score (nSPS) is 14.9. The molecular formula is C10H10BrN5S. The first kappa shape index (κ1) is 10.9. The van der Waals surface area contributed by atoms with E-state index in [2.05, 4.69) is 41.6 Å². The van der Waals surface area contributed by atoms with E-state index in [4.69, 9.17) is 5.73 Å². The molecule has 0 saturated heterocycles. The van der Waals surface area contributed by atoms with E-state index in [-0.39, 0.29) is 0 Å². The van der Waals surface area contributed by atoms with Gasteiger partial charge in [0, 0.05) is 17.4 Å². The van der Waals surface area contributed by atoms with Crippen molar-refractivity contribution < 1.29 is 0 Å². The average Bonchev–Trinajstić information content (AvgIpc) is 2.99. The number of rotatable bonds is 3. The molecule has 1 fully saturated rings. The van der Waals surface area contributed by atoms with Gasteiger partial charge < -0.3 is 5.73 Å². The van der Waals surface area contributed by atoms with Crippen LogP contribution in [0.3, 0.4) is 0 Å². The number of nitrogens with zero attached hydrogens (tertiary/aromatic N) is 3. The zero-order valence-electron chi connectivity index (χ0n) is 8.85. The zero-order valence-corrected chi connectivity index (χ0v) is 11.3. The molecule has 0 radical (unpaired) electrons. The number of nitrogens with one attached hydrogen (secondary N) is 1. The van der Waals surface area contributed by atoms with Crippen LogP contribution in [0, 0.1) is 0 Å². The van der Waals surface area contributed by atoms with Crippen LogP contribution in [0.1, 0.15) is 24.5 Å². The molecular weight excluding hydrogens is 302 g/mol. The van der Waals surface area contributed by atoms with E-state index < -0.39 is 0 Å². The Bertz CT molecular complexity index is 531. The fraction of sp³-hybridized carbons (Fsp3) is 0.300. The molecule has 3 rings (SSSR count). The Hall–Kier alpha value is -1.21. The predicted molar refractivity (Wildman–Crippen MR) is 71.5 cm³/mol. The maximum absolute atomic E-state index is 5.64. The van der Waals surface area contributed by atoms with Crippen molar-refractivity contribution in [2.75, 3.05) is 11.1 Å². The van der Waals surface area contributed by atoms with Crippen LogP contribution in [0.4, 0.5) is 16.9 Å². The van der Waals surface area contributed by atoms with Crippen LogP contribution in [0.15, 0.2) is 16.0 Å². The lowest BCUT2D eigenvalue weighted by Crippen LogP contribution is -2.00. The van der Waals surface area contributed by atoms with E-state index >= 15 is 0 Å². The highest BCUT2D eigenvalue weighted by atomic mass is 79.9. The van der Waals surface area contributed by atoms with E-state index in [1.807, 2.05) is 0 Å². The summed E-state index contributed by atoms with van der Waals surface area (Å²) in [6.45, 7) is 0. The van der Waals surface area contributed by atoms with E-state index in [0.29, 0.717) is 22.3 Å². The number of hydrogen-bond acceptors (Lipinski definition) is 6. The summed E-state index contributed by atoms with van der Waals surface area (Å²) in [5, 5.41) is 5.96. The van der Waals surface area contributed by atoms with Crippen LogP contribution in [-0.4, -0.2) is 15.0 Å². The van der Waals surface area contributed by atoms with E-state index in [9.17, 15) is 0 Å². The van der Waals surface area contributed by atoms with Crippen molar-refractivity contribution in [1.29, 1.82) is 0 Å². The molecule has 3 N–H and O–H groups in total. The molecule has 2 aromatic heterocycles. The van der Waals surface area contributed by atoms with Crippen molar-refractivity contribution in [2.24, 2.45) is 0 Å². The van der Waals surface area contributed by atoms with Gasteiger partial charge in [-0.3, -0.25) is 5.32 Å². The van der Waals surface area contributed by atoms with Crippen molar-refractivity contribution in [2.45, 2.75) is 18.8 Å². The fourth-order valence-corrected chi connectivity index (χ4v) is 2.69. The van der Waals surface area contributed by atoms with Gasteiger partial charge in [0.1, 0.15) is 10.4 Å². The third-order valence-corrected chi connectivity index (χ3v) is 3.63. The Kier molecular flexibility index (Phi) is 2.71. The second kappa shape index (κ2) is 4.23. The number of anilines is 3. The lowest BCUT2D eigenvalue weighted by molar-refractivity contribution is 1.05. The molecule has 1 aliphatic rings. The summed E-state index contributed by atoms with van der Waals surface area (Å²) in [5.41, 5.74) is 6.81. The minimum absolute atomic E-state index is 0.424. The van der Waals surface area contributed by atoms with Crippen molar-refractivity contribution in [3.63, 3.8) is 0 Å². The van der Waals surface area contributed by atoms with Crippen LogP contribution >= 0.6 is 27.3 Å². The molecule has 1 aliphatic carbocycles. The maximum Gasteiger partial charge on any atom is 0.232 e. The average molecular weight is 312 g/mol. The molecule has 0 unspecified atom stereocenters. The first-order valence-electron chi connectivity index (χ1n) is 5.23. The quantitative estimate of drug-likeness (QED) is 0.852. The van der Waals surface area contributed by atoms with Crippen LogP contribution < -0.4 is 11.1 Å². The molecule has 1 saturated carbocycles. The molecule has 0 aromatic carbocycles. The van der Waals surface area contributed by atoms with Gasteiger partial charge in [-0.1, -0.05) is 0 Å². The largest absolute Gasteiger partial charge is 0.383 e. The Morgan fingerprint density at radius 2 is 2.18 bits per heavy atom. The standard InChI is InChI=1S/C10H10BrN5S/c11-7-3-8(12)15-9(14-7)16-10-13-6(4-17-10)5-1-2-5/h3-5H,1-2H2,(H3,12,13,14,15,16). The second-order valence-corrected chi connectivity index (χ2v) is 5.59. The second-order valence-electron chi connectivity index (χ2n) is 3.92. The Labute approximate surface area is 111 Å². The van der Waals surface area contributed by atoms with Crippen molar-refractivity contribution in [3.8, 4) is 0 Å². The van der Waals surface area contributed by atoms with Crippen LogP contribution in [0.2, 0.25) is 0 Å². The molecule has 0 aliphatic heterocycles. The Balaban J connectivity index is 1.80. The third-order valence-electron chi connectivity index (χ3n) is 2.45. The molecule has 0 bridgehead atoms. The van der Waals surface area contributed by atoms with Gasteiger partial charge in [-0.15, -0.1) is 11.3 Å². The van der Waals surface area contributed by atoms with Crippen LogP contribution in [-0.2, 0) is 0 Å². The summed E-state index contributed by atoms with van der Waals surface area (Å²) in [6, 6.07) is 1.66. The molecule has 0 atom stereocenters. The minimum Gasteiger partial charge on any atom is -0.383 e. The molecule has 7 heteroatoms. The van der Waals surface area contributed by atoms with Crippen LogP contribution in [0.25, 0.3) is 0 Å². The highest BCUT2D eigenvalue weighted by molar-refractivity contribution is 9.10. The highest BCUT2D eigenvalue weighted by Crippen LogP contribution is 2.41. The summed E-state index contributed by atoms with van der Waals surface area (Å²) < 4.78 is 0.659. The monoisotopic (exact) mass is 311 g/mol. The van der Waals surface area contributed by atoms with Gasteiger partial charge in [0.25, 0.3) is 0 Å². The smallest absolute Gasteiger partial charge is 0.232 e. The minimum atomic E-state index is 0.424. The van der Waals surface area contributed by atoms with E-state index in [0.717, 1.165) is 5.13 Å². The van der Waals surface area contributed by atoms with E-state index in [1.54, 1.807) is 17.4 Å². The maximum atomic E-state index is 5.64. The zero-order chi connectivity index (χ0) is 11.8. The van der Waals surface area contributed by atoms with E-state index in [1.165, 1.54) is 18.5 Å². The van der Waals surface area contributed by atoms with Gasteiger partial charge >= 0.3 is 0 Å². The number of aromatic nitrogens is 3. The summed E-state index contributed by atoms with van der Waals surface area (Å²) >= 11 is 4.84. The Morgan fingerprint density at radius 3 is 2.88 bits per heavy atom. The molecule has 0 spiro atoms. The number of nitrogens with two attached hydrogens (primary N) is 1. The van der Waals surface area contributed by atoms with Gasteiger partial charge in [-0.05, 0) is 28.8 Å². The summed E-state index contributed by atoms with van der Waals surface area (Å²) in [4.78, 5) is 12.8. The van der Waals surface area contributed by atoms with Crippen molar-refractivity contribution >= 4 is 44.2 Å². The SMILES string of the molecule is Nc1cc(Br)nc(Nc2nc(C3CC3)cs2)n1. The topological polar surface area (TPSA) is 76.7 Å². The summed E-state index contributed by atoms with van der Waals surface area (Å²) in [5.74, 6) is 1.55. The Morgan fingerprint density at radius 1 is 1.35 bits per heavy atom. The van der Waals surface area contributed by atoms with Gasteiger partial charge in [0.2, 0.25) is 5.95 Å². The van der Waals surface area contributed by atoms with Gasteiger partial charge in [-0.2, -0.15) is 4.98 Å². The number of halogens is 1. The lowest BCUT2D eigenvalue weighted by Gasteiger charge is -2.02. The molecule has 2 aromatic rings. The fourth-order valence-electron chi connectivity index (χ4n) is 1.50. The molecule has 88 valence electrons. The van der Waals surface area contributed by atoms with Crippen LogP contribution in [0.5, 0.6) is 0 Å². The number of thiazole rings is 1. The number of hydrogen-bond donors (Lipinski definition) is 2.